The van der Waals surface area contributed by atoms with Gasteiger partial charge in [-0.3, -0.25) is 14.4 Å². The average Bonchev–Trinajstić information content (AvgIpc) is 3.11. The highest BCUT2D eigenvalue weighted by Crippen LogP contribution is 2.35. The van der Waals surface area contributed by atoms with Gasteiger partial charge in [0, 0.05) is 43.7 Å². The number of hydrogen-bond donors (Lipinski definition) is 1. The third-order valence-corrected chi connectivity index (χ3v) is 6.83. The van der Waals surface area contributed by atoms with Gasteiger partial charge < -0.3 is 19.5 Å². The van der Waals surface area contributed by atoms with E-state index in [2.05, 4.69) is 5.32 Å². The summed E-state index contributed by atoms with van der Waals surface area (Å²) in [5.74, 6) is 0.641. The maximum atomic E-state index is 13.0. The zero-order valence-electron chi connectivity index (χ0n) is 18.4. The molecule has 5 rings (SSSR count). The third-order valence-electron chi connectivity index (χ3n) is 6.83. The molecule has 4 heterocycles. The van der Waals surface area contributed by atoms with E-state index in [1.807, 2.05) is 15.5 Å². The summed E-state index contributed by atoms with van der Waals surface area (Å²) in [5, 5.41) is 2.70. The van der Waals surface area contributed by atoms with Crippen molar-refractivity contribution >= 4 is 23.5 Å². The number of amides is 4. The quantitative estimate of drug-likeness (QED) is 0.699. The molecule has 0 aliphatic carbocycles. The molecule has 1 aromatic heterocycles. The Balaban J connectivity index is 1.21. The predicted molar refractivity (Wildman–Crippen MR) is 120 cm³/mol. The first-order valence-electron chi connectivity index (χ1n) is 11.2. The topological polar surface area (TPSA) is 101 Å². The van der Waals surface area contributed by atoms with Crippen molar-refractivity contribution in [2.45, 2.75) is 37.8 Å². The van der Waals surface area contributed by atoms with E-state index < -0.39 is 12.1 Å². The van der Waals surface area contributed by atoms with Crippen LogP contribution < -0.4 is 20.5 Å². The standard InChI is InChI=1S/C24H26N4O5/c1-33-18-7-5-17(6-8-18)28-23(31)19(25-24(28)32)9-10-21(29)26-12-15-11-16(14-26)20-3-2-4-22(30)27(20)13-15/h2-8,15-16,19H,9-14H2,1H3,(H,25,32)/t15-,16+,19?/m1/s1. The van der Waals surface area contributed by atoms with Crippen LogP contribution in [0.4, 0.5) is 10.5 Å². The van der Waals surface area contributed by atoms with Gasteiger partial charge in [-0.2, -0.15) is 0 Å². The van der Waals surface area contributed by atoms with Crippen LogP contribution in [0.2, 0.25) is 0 Å². The minimum absolute atomic E-state index is 0.0129. The normalized spacial score (nSPS) is 23.8. The Kier molecular flexibility index (Phi) is 5.39. The smallest absolute Gasteiger partial charge is 0.329 e. The summed E-state index contributed by atoms with van der Waals surface area (Å²) in [6.07, 6.45) is 1.40. The highest BCUT2D eigenvalue weighted by atomic mass is 16.5. The van der Waals surface area contributed by atoms with Crippen molar-refractivity contribution in [2.24, 2.45) is 5.92 Å². The lowest BCUT2D eigenvalue weighted by Crippen LogP contribution is -2.49. The number of imide groups is 1. The van der Waals surface area contributed by atoms with Crippen molar-refractivity contribution in [3.63, 3.8) is 0 Å². The van der Waals surface area contributed by atoms with E-state index in [9.17, 15) is 19.2 Å². The lowest BCUT2D eigenvalue weighted by atomic mass is 9.83. The van der Waals surface area contributed by atoms with E-state index in [4.69, 9.17) is 4.74 Å². The van der Waals surface area contributed by atoms with Crippen molar-refractivity contribution in [3.8, 4) is 5.75 Å². The van der Waals surface area contributed by atoms with Crippen LogP contribution >= 0.6 is 0 Å². The molecule has 9 heteroatoms. The van der Waals surface area contributed by atoms with Gasteiger partial charge in [0.15, 0.2) is 0 Å². The number of nitrogens with one attached hydrogen (secondary N) is 1. The van der Waals surface area contributed by atoms with Gasteiger partial charge in [-0.25, -0.2) is 9.69 Å². The van der Waals surface area contributed by atoms with Crippen molar-refractivity contribution in [1.29, 1.82) is 0 Å². The van der Waals surface area contributed by atoms with Crippen LogP contribution in [0.1, 0.15) is 30.9 Å². The summed E-state index contributed by atoms with van der Waals surface area (Å²) < 4.78 is 6.95. The lowest BCUT2D eigenvalue weighted by Gasteiger charge is -2.42. The number of aromatic nitrogens is 1. The number of nitrogens with zero attached hydrogens (tertiary/aromatic N) is 3. The van der Waals surface area contributed by atoms with Crippen LogP contribution in [-0.2, 0) is 16.1 Å². The Morgan fingerprint density at radius 3 is 2.61 bits per heavy atom. The minimum atomic E-state index is -0.729. The number of rotatable bonds is 5. The molecule has 2 fully saturated rings. The fourth-order valence-corrected chi connectivity index (χ4v) is 5.23. The Morgan fingerprint density at radius 1 is 1.06 bits per heavy atom. The Bertz CT molecular complexity index is 1160. The molecule has 0 radical (unpaired) electrons. The lowest BCUT2D eigenvalue weighted by molar-refractivity contribution is -0.134. The van der Waals surface area contributed by atoms with E-state index in [-0.39, 0.29) is 42.1 Å². The first kappa shape index (κ1) is 21.2. The molecular formula is C24H26N4O5. The van der Waals surface area contributed by atoms with Crippen molar-refractivity contribution in [1.82, 2.24) is 14.8 Å². The number of methoxy groups -OCH3 is 1. The second-order valence-corrected chi connectivity index (χ2v) is 8.91. The predicted octanol–water partition coefficient (Wildman–Crippen LogP) is 1.71. The van der Waals surface area contributed by atoms with Gasteiger partial charge in [0.2, 0.25) is 5.91 Å². The summed E-state index contributed by atoms with van der Waals surface area (Å²) in [5.41, 5.74) is 1.47. The van der Waals surface area contributed by atoms with Crippen LogP contribution in [0.25, 0.3) is 0 Å². The maximum Gasteiger partial charge on any atom is 0.329 e. The number of ether oxygens (including phenoxy) is 1. The number of anilines is 1. The Morgan fingerprint density at radius 2 is 1.85 bits per heavy atom. The molecule has 3 aliphatic heterocycles. The van der Waals surface area contributed by atoms with Crippen molar-refractivity contribution in [3.05, 3.63) is 58.5 Å². The molecule has 33 heavy (non-hydrogen) atoms. The largest absolute Gasteiger partial charge is 0.497 e. The number of pyridine rings is 1. The fraction of sp³-hybridized carbons (Fsp3) is 0.417. The molecule has 4 amide bonds. The molecular weight excluding hydrogens is 424 g/mol. The summed E-state index contributed by atoms with van der Waals surface area (Å²) in [6, 6.07) is 10.8. The number of piperidine rings is 1. The zero-order valence-corrected chi connectivity index (χ0v) is 18.4. The van der Waals surface area contributed by atoms with Gasteiger partial charge in [0.05, 0.1) is 12.8 Å². The van der Waals surface area contributed by atoms with E-state index in [1.165, 1.54) is 0 Å². The number of carbonyl (C=O) groups is 3. The summed E-state index contributed by atoms with van der Waals surface area (Å²) >= 11 is 0. The second-order valence-electron chi connectivity index (χ2n) is 8.91. The maximum absolute atomic E-state index is 13.0. The molecule has 2 bridgehead atoms. The zero-order chi connectivity index (χ0) is 23.1. The van der Waals surface area contributed by atoms with E-state index in [0.29, 0.717) is 31.1 Å². The molecule has 2 saturated heterocycles. The van der Waals surface area contributed by atoms with Crippen molar-refractivity contribution in [2.75, 3.05) is 25.1 Å². The summed E-state index contributed by atoms with van der Waals surface area (Å²) in [7, 11) is 1.55. The van der Waals surface area contributed by atoms with Gasteiger partial charge in [-0.05, 0) is 49.1 Å². The van der Waals surface area contributed by atoms with Crippen LogP contribution in [0, 0.1) is 5.92 Å². The molecule has 1 aromatic carbocycles. The Hall–Kier alpha value is -3.62. The summed E-state index contributed by atoms with van der Waals surface area (Å²) in [4.78, 5) is 53.4. The number of likely N-dealkylation sites (tertiary alicyclic amines) is 1. The first-order valence-corrected chi connectivity index (χ1v) is 11.2. The molecule has 3 aliphatic rings. The molecule has 1 N–H and O–H groups in total. The van der Waals surface area contributed by atoms with Gasteiger partial charge in [0.25, 0.3) is 11.5 Å². The summed E-state index contributed by atoms with van der Waals surface area (Å²) in [6.45, 7) is 1.81. The van der Waals surface area contributed by atoms with Gasteiger partial charge in [-0.15, -0.1) is 0 Å². The molecule has 1 unspecified atom stereocenters. The van der Waals surface area contributed by atoms with Gasteiger partial charge in [0.1, 0.15) is 11.8 Å². The van der Waals surface area contributed by atoms with Crippen LogP contribution in [0.3, 0.4) is 0 Å². The molecule has 2 aromatic rings. The number of urea groups is 1. The molecule has 0 saturated carbocycles. The monoisotopic (exact) mass is 450 g/mol. The van der Waals surface area contributed by atoms with E-state index in [1.54, 1.807) is 43.5 Å². The minimum Gasteiger partial charge on any atom is -0.497 e. The first-order chi connectivity index (χ1) is 15.9. The number of hydrogen-bond acceptors (Lipinski definition) is 5. The fourth-order valence-electron chi connectivity index (χ4n) is 5.23. The number of carbonyl (C=O) groups excluding carboxylic acids is 3. The third kappa shape index (κ3) is 3.88. The molecule has 3 atom stereocenters. The number of benzene rings is 1. The van der Waals surface area contributed by atoms with Gasteiger partial charge in [-0.1, -0.05) is 6.07 Å². The molecule has 0 spiro atoms. The van der Waals surface area contributed by atoms with Crippen LogP contribution in [0.15, 0.2) is 47.3 Å². The highest BCUT2D eigenvalue weighted by Gasteiger charge is 2.40. The van der Waals surface area contributed by atoms with E-state index in [0.717, 1.165) is 17.0 Å². The van der Waals surface area contributed by atoms with Crippen LogP contribution in [-0.4, -0.2) is 53.6 Å². The molecule has 172 valence electrons. The number of fused-ring (bicyclic) bond motifs is 4. The second kappa shape index (κ2) is 8.38. The van der Waals surface area contributed by atoms with Gasteiger partial charge >= 0.3 is 6.03 Å². The van der Waals surface area contributed by atoms with Crippen LogP contribution in [0.5, 0.6) is 5.75 Å². The highest BCUT2D eigenvalue weighted by molar-refractivity contribution is 6.21. The Labute approximate surface area is 190 Å². The average molecular weight is 450 g/mol. The van der Waals surface area contributed by atoms with Crippen molar-refractivity contribution < 1.29 is 19.1 Å². The SMILES string of the molecule is COc1ccc(N2C(=O)NC(CCC(=O)N3C[C@H]4C[C@@H](C3)c3cccc(=O)n3C4)C2=O)cc1. The van der Waals surface area contributed by atoms with E-state index >= 15 is 0 Å². The molecule has 9 nitrogen and oxygen atoms in total.